The van der Waals surface area contributed by atoms with Crippen molar-refractivity contribution in [2.24, 2.45) is 5.73 Å². The lowest BCUT2D eigenvalue weighted by atomic mass is 9.96. The van der Waals surface area contributed by atoms with Gasteiger partial charge in [-0.2, -0.15) is 0 Å². The minimum atomic E-state index is -0.452. The van der Waals surface area contributed by atoms with E-state index in [2.05, 4.69) is 13.8 Å². The Labute approximate surface area is 112 Å². The van der Waals surface area contributed by atoms with E-state index >= 15 is 0 Å². The van der Waals surface area contributed by atoms with E-state index in [0.717, 1.165) is 16.7 Å². The average molecular weight is 255 g/mol. The number of phenols is 1. The van der Waals surface area contributed by atoms with E-state index in [1.165, 1.54) is 0 Å². The molecule has 0 spiro atoms. The fourth-order valence-corrected chi connectivity index (χ4v) is 1.96. The van der Waals surface area contributed by atoms with Gasteiger partial charge in [-0.1, -0.05) is 32.0 Å². The van der Waals surface area contributed by atoms with Crippen LogP contribution in [-0.2, 0) is 0 Å². The van der Waals surface area contributed by atoms with Crippen molar-refractivity contribution in [3.63, 3.8) is 0 Å². The van der Waals surface area contributed by atoms with Crippen molar-refractivity contribution in [3.05, 3.63) is 53.6 Å². The summed E-state index contributed by atoms with van der Waals surface area (Å²) in [7, 11) is 0. The number of amides is 1. The Morgan fingerprint density at radius 1 is 1.11 bits per heavy atom. The number of carbonyl (C=O) groups excluding carboxylic acids is 1. The third-order valence-electron chi connectivity index (χ3n) is 3.17. The first-order valence-electron chi connectivity index (χ1n) is 6.22. The van der Waals surface area contributed by atoms with Gasteiger partial charge in [0.2, 0.25) is 5.91 Å². The molecule has 2 aromatic carbocycles. The van der Waals surface area contributed by atoms with E-state index in [1.807, 2.05) is 12.1 Å². The molecular formula is C16H17NO2. The van der Waals surface area contributed by atoms with Crippen LogP contribution in [0.25, 0.3) is 11.1 Å². The maximum absolute atomic E-state index is 11.0. The highest BCUT2D eigenvalue weighted by Crippen LogP contribution is 2.32. The lowest BCUT2D eigenvalue weighted by Gasteiger charge is -2.10. The van der Waals surface area contributed by atoms with Gasteiger partial charge < -0.3 is 10.8 Å². The summed E-state index contributed by atoms with van der Waals surface area (Å²) in [4.78, 5) is 11.0. The number of primary amides is 1. The summed E-state index contributed by atoms with van der Waals surface area (Å²) in [5.74, 6) is 0.173. The smallest absolute Gasteiger partial charge is 0.248 e. The summed E-state index contributed by atoms with van der Waals surface area (Å²) < 4.78 is 0. The molecule has 0 fully saturated rings. The van der Waals surface area contributed by atoms with Crippen LogP contribution in [0.1, 0.15) is 35.7 Å². The van der Waals surface area contributed by atoms with Crippen molar-refractivity contribution in [2.45, 2.75) is 19.8 Å². The first kappa shape index (κ1) is 13.1. The fraction of sp³-hybridized carbons (Fsp3) is 0.188. The molecule has 3 nitrogen and oxygen atoms in total. The number of nitrogens with two attached hydrogens (primary N) is 1. The van der Waals surface area contributed by atoms with Gasteiger partial charge >= 0.3 is 0 Å². The Kier molecular flexibility index (Phi) is 3.56. The second-order valence-electron chi connectivity index (χ2n) is 4.87. The molecule has 2 aromatic rings. The molecule has 0 saturated heterocycles. The van der Waals surface area contributed by atoms with Crippen LogP contribution in [0.15, 0.2) is 42.5 Å². The molecule has 0 saturated carbocycles. The van der Waals surface area contributed by atoms with Gasteiger partial charge in [0, 0.05) is 11.1 Å². The summed E-state index contributed by atoms with van der Waals surface area (Å²) in [5.41, 5.74) is 8.46. The van der Waals surface area contributed by atoms with Crippen molar-refractivity contribution in [1.29, 1.82) is 0 Å². The molecule has 0 aliphatic heterocycles. The zero-order valence-electron chi connectivity index (χ0n) is 11.1. The number of rotatable bonds is 3. The molecule has 0 aromatic heterocycles. The van der Waals surface area contributed by atoms with Crippen LogP contribution < -0.4 is 5.73 Å². The van der Waals surface area contributed by atoms with Crippen LogP contribution >= 0.6 is 0 Å². The number of aromatic hydroxyl groups is 1. The van der Waals surface area contributed by atoms with Gasteiger partial charge in [0.05, 0.1) is 0 Å². The summed E-state index contributed by atoms with van der Waals surface area (Å²) in [6.07, 6.45) is 0. The molecular weight excluding hydrogens is 238 g/mol. The Morgan fingerprint density at radius 2 is 1.74 bits per heavy atom. The zero-order chi connectivity index (χ0) is 14.0. The first-order valence-corrected chi connectivity index (χ1v) is 6.22. The van der Waals surface area contributed by atoms with Crippen LogP contribution in [0.5, 0.6) is 5.75 Å². The summed E-state index contributed by atoms with van der Waals surface area (Å²) in [6, 6.07) is 12.5. The van der Waals surface area contributed by atoms with Crippen LogP contribution in [0, 0.1) is 0 Å². The van der Waals surface area contributed by atoms with E-state index in [1.54, 1.807) is 30.3 Å². The zero-order valence-corrected chi connectivity index (χ0v) is 11.1. The number of benzene rings is 2. The first-order chi connectivity index (χ1) is 8.99. The molecule has 0 radical (unpaired) electrons. The molecule has 0 aliphatic carbocycles. The lowest BCUT2D eigenvalue weighted by Crippen LogP contribution is -2.10. The standard InChI is InChI=1S/C16H17NO2/c1-10(2)13-7-8-15(18)14(9-13)11-3-5-12(6-4-11)16(17)19/h3-10,18H,1-2H3,(H2,17,19). The highest BCUT2D eigenvalue weighted by Gasteiger charge is 2.08. The molecule has 1 amide bonds. The predicted molar refractivity (Wildman–Crippen MR) is 76.1 cm³/mol. The number of phenolic OH excluding ortho intramolecular Hbond substituents is 1. The van der Waals surface area contributed by atoms with Gasteiger partial charge in [-0.15, -0.1) is 0 Å². The molecule has 3 heteroatoms. The molecule has 0 heterocycles. The van der Waals surface area contributed by atoms with Crippen molar-refractivity contribution < 1.29 is 9.90 Å². The van der Waals surface area contributed by atoms with Crippen LogP contribution in [0.2, 0.25) is 0 Å². The predicted octanol–water partition coefficient (Wildman–Crippen LogP) is 3.28. The molecule has 2 rings (SSSR count). The summed E-state index contributed by atoms with van der Waals surface area (Å²) >= 11 is 0. The highest BCUT2D eigenvalue weighted by atomic mass is 16.3. The van der Waals surface area contributed by atoms with Crippen LogP contribution in [0.4, 0.5) is 0 Å². The molecule has 19 heavy (non-hydrogen) atoms. The SMILES string of the molecule is CC(C)c1ccc(O)c(-c2ccc(C(N)=O)cc2)c1. The van der Waals surface area contributed by atoms with Gasteiger partial charge in [0.15, 0.2) is 0 Å². The van der Waals surface area contributed by atoms with Crippen molar-refractivity contribution >= 4 is 5.91 Å². The minimum absolute atomic E-state index is 0.233. The Balaban J connectivity index is 2.45. The van der Waals surface area contributed by atoms with Crippen LogP contribution in [-0.4, -0.2) is 11.0 Å². The molecule has 0 bridgehead atoms. The monoisotopic (exact) mass is 255 g/mol. The van der Waals surface area contributed by atoms with Crippen molar-refractivity contribution in [1.82, 2.24) is 0 Å². The molecule has 3 N–H and O–H groups in total. The van der Waals surface area contributed by atoms with Crippen LogP contribution in [0.3, 0.4) is 0 Å². The second-order valence-corrected chi connectivity index (χ2v) is 4.87. The summed E-state index contributed by atoms with van der Waals surface area (Å²) in [5, 5.41) is 9.96. The van der Waals surface area contributed by atoms with E-state index in [-0.39, 0.29) is 5.75 Å². The van der Waals surface area contributed by atoms with E-state index in [0.29, 0.717) is 11.5 Å². The van der Waals surface area contributed by atoms with Gasteiger partial charge in [0.1, 0.15) is 5.75 Å². The van der Waals surface area contributed by atoms with Gasteiger partial charge in [-0.25, -0.2) is 0 Å². The topological polar surface area (TPSA) is 63.3 Å². The summed E-state index contributed by atoms with van der Waals surface area (Å²) in [6.45, 7) is 4.21. The molecule has 0 atom stereocenters. The number of carbonyl (C=O) groups is 1. The average Bonchev–Trinajstić information content (AvgIpc) is 2.39. The molecule has 98 valence electrons. The normalized spacial score (nSPS) is 10.7. The Bertz CT molecular complexity index is 601. The Morgan fingerprint density at radius 3 is 2.26 bits per heavy atom. The second kappa shape index (κ2) is 5.14. The maximum atomic E-state index is 11.0. The highest BCUT2D eigenvalue weighted by molar-refractivity contribution is 5.93. The molecule has 0 unspecified atom stereocenters. The maximum Gasteiger partial charge on any atom is 0.248 e. The molecule has 0 aliphatic rings. The fourth-order valence-electron chi connectivity index (χ4n) is 1.96. The van der Waals surface area contributed by atoms with Gasteiger partial charge in [0.25, 0.3) is 0 Å². The minimum Gasteiger partial charge on any atom is -0.507 e. The quantitative estimate of drug-likeness (QED) is 0.884. The number of hydrogen-bond donors (Lipinski definition) is 2. The van der Waals surface area contributed by atoms with E-state index in [9.17, 15) is 9.90 Å². The Hall–Kier alpha value is -2.29. The van der Waals surface area contributed by atoms with E-state index in [4.69, 9.17) is 5.73 Å². The largest absolute Gasteiger partial charge is 0.507 e. The number of hydrogen-bond acceptors (Lipinski definition) is 2. The third-order valence-corrected chi connectivity index (χ3v) is 3.17. The van der Waals surface area contributed by atoms with Gasteiger partial charge in [-0.05, 0) is 41.3 Å². The third kappa shape index (κ3) is 2.76. The van der Waals surface area contributed by atoms with Crippen molar-refractivity contribution in [3.8, 4) is 16.9 Å². The van der Waals surface area contributed by atoms with Gasteiger partial charge in [-0.3, -0.25) is 4.79 Å². The lowest BCUT2D eigenvalue weighted by molar-refractivity contribution is 0.100. The van der Waals surface area contributed by atoms with E-state index < -0.39 is 5.91 Å². The van der Waals surface area contributed by atoms with Crippen molar-refractivity contribution in [2.75, 3.05) is 0 Å².